The number of rotatable bonds is 5. The van der Waals surface area contributed by atoms with Crippen molar-refractivity contribution in [3.05, 3.63) is 64.2 Å². The Morgan fingerprint density at radius 3 is 2.45 bits per heavy atom. The van der Waals surface area contributed by atoms with Crippen LogP contribution in [0.2, 0.25) is 5.02 Å². The molecule has 0 radical (unpaired) electrons. The Kier molecular flexibility index (Phi) is 5.45. The molecule has 0 aliphatic heterocycles. The minimum atomic E-state index is -0.100. The largest absolute Gasteiger partial charge is 0.496 e. The summed E-state index contributed by atoms with van der Waals surface area (Å²) in [6.45, 7) is 4.04. The molecule has 0 aliphatic rings. The maximum Gasteiger partial charge on any atom is 0.251 e. The molecule has 0 spiro atoms. The first-order valence-electron chi connectivity index (χ1n) is 7.26. The number of carbonyl (C=O) groups is 1. The van der Waals surface area contributed by atoms with Gasteiger partial charge in [-0.05, 0) is 54.8 Å². The molecule has 0 aliphatic carbocycles. The van der Waals surface area contributed by atoms with Gasteiger partial charge < -0.3 is 10.1 Å². The molecule has 0 unspecified atom stereocenters. The first-order valence-corrected chi connectivity index (χ1v) is 7.64. The van der Waals surface area contributed by atoms with E-state index in [-0.39, 0.29) is 11.9 Å². The van der Waals surface area contributed by atoms with E-state index in [1.165, 1.54) is 0 Å². The van der Waals surface area contributed by atoms with E-state index in [1.54, 1.807) is 31.4 Å². The highest BCUT2D eigenvalue weighted by Crippen LogP contribution is 2.24. The lowest BCUT2D eigenvalue weighted by atomic mass is 10.0. The molecule has 116 valence electrons. The topological polar surface area (TPSA) is 38.3 Å². The van der Waals surface area contributed by atoms with Crippen molar-refractivity contribution in [2.45, 2.75) is 26.3 Å². The number of hydrogen-bond acceptors (Lipinski definition) is 2. The number of halogens is 1. The minimum absolute atomic E-state index is 0.0345. The third-order valence-corrected chi connectivity index (χ3v) is 3.89. The standard InChI is InChI=1S/C18H20ClNO2/c1-4-16(14-7-10-17(22-3)12(2)11-14)20-18(21)13-5-8-15(19)9-6-13/h5-11,16H,4H2,1-3H3,(H,20,21)/t16-/m0/s1. The van der Waals surface area contributed by atoms with Crippen LogP contribution in [0, 0.1) is 6.92 Å². The molecular formula is C18H20ClNO2. The summed E-state index contributed by atoms with van der Waals surface area (Å²) in [5.74, 6) is 0.750. The molecule has 0 aromatic heterocycles. The Balaban J connectivity index is 2.16. The first kappa shape index (κ1) is 16.4. The van der Waals surface area contributed by atoms with E-state index in [1.807, 2.05) is 26.0 Å². The van der Waals surface area contributed by atoms with E-state index >= 15 is 0 Å². The van der Waals surface area contributed by atoms with Gasteiger partial charge in [0.05, 0.1) is 13.2 Å². The van der Waals surface area contributed by atoms with Gasteiger partial charge in [0, 0.05) is 10.6 Å². The zero-order chi connectivity index (χ0) is 16.1. The number of ether oxygens (including phenoxy) is 1. The van der Waals surface area contributed by atoms with Gasteiger partial charge in [-0.2, -0.15) is 0 Å². The van der Waals surface area contributed by atoms with Crippen LogP contribution in [0.5, 0.6) is 5.75 Å². The highest BCUT2D eigenvalue weighted by atomic mass is 35.5. The zero-order valence-electron chi connectivity index (χ0n) is 13.0. The Hall–Kier alpha value is -2.00. The highest BCUT2D eigenvalue weighted by Gasteiger charge is 2.15. The van der Waals surface area contributed by atoms with Crippen molar-refractivity contribution in [3.63, 3.8) is 0 Å². The number of nitrogens with one attached hydrogen (secondary N) is 1. The maximum absolute atomic E-state index is 12.3. The Morgan fingerprint density at radius 1 is 1.23 bits per heavy atom. The second-order valence-corrected chi connectivity index (χ2v) is 5.61. The average Bonchev–Trinajstić information content (AvgIpc) is 2.53. The van der Waals surface area contributed by atoms with Crippen LogP contribution in [0.25, 0.3) is 0 Å². The van der Waals surface area contributed by atoms with E-state index in [9.17, 15) is 4.79 Å². The number of benzene rings is 2. The fourth-order valence-corrected chi connectivity index (χ4v) is 2.51. The summed E-state index contributed by atoms with van der Waals surface area (Å²) in [5.41, 5.74) is 2.73. The molecule has 1 atom stereocenters. The molecule has 2 rings (SSSR count). The lowest BCUT2D eigenvalue weighted by Gasteiger charge is -2.19. The lowest BCUT2D eigenvalue weighted by molar-refractivity contribution is 0.0935. The van der Waals surface area contributed by atoms with Crippen LogP contribution in [0.4, 0.5) is 0 Å². The van der Waals surface area contributed by atoms with Gasteiger partial charge in [0.2, 0.25) is 0 Å². The summed E-state index contributed by atoms with van der Waals surface area (Å²) in [4.78, 5) is 12.3. The number of carbonyl (C=O) groups excluding carboxylic acids is 1. The van der Waals surface area contributed by atoms with Gasteiger partial charge in [0.25, 0.3) is 5.91 Å². The zero-order valence-corrected chi connectivity index (χ0v) is 13.8. The fraction of sp³-hybridized carbons (Fsp3) is 0.278. The molecule has 2 aromatic carbocycles. The number of methoxy groups -OCH3 is 1. The third kappa shape index (κ3) is 3.80. The summed E-state index contributed by atoms with van der Waals surface area (Å²) in [6.07, 6.45) is 0.811. The van der Waals surface area contributed by atoms with Gasteiger partial charge in [0.1, 0.15) is 5.75 Å². The first-order chi connectivity index (χ1) is 10.5. The molecule has 1 amide bonds. The number of aryl methyl sites for hydroxylation is 1. The highest BCUT2D eigenvalue weighted by molar-refractivity contribution is 6.30. The SMILES string of the molecule is CC[C@H](NC(=O)c1ccc(Cl)cc1)c1ccc(OC)c(C)c1. The van der Waals surface area contributed by atoms with Crippen molar-refractivity contribution < 1.29 is 9.53 Å². The van der Waals surface area contributed by atoms with Gasteiger partial charge >= 0.3 is 0 Å². The van der Waals surface area contributed by atoms with Gasteiger partial charge in [-0.3, -0.25) is 4.79 Å². The summed E-state index contributed by atoms with van der Waals surface area (Å²) >= 11 is 5.85. The molecule has 0 heterocycles. The molecule has 0 saturated carbocycles. The molecule has 0 bridgehead atoms. The molecule has 2 aromatic rings. The Bertz CT molecular complexity index is 653. The van der Waals surface area contributed by atoms with Crippen molar-refractivity contribution in [1.29, 1.82) is 0 Å². The quantitative estimate of drug-likeness (QED) is 0.879. The second-order valence-electron chi connectivity index (χ2n) is 5.17. The van der Waals surface area contributed by atoms with Gasteiger partial charge in [-0.15, -0.1) is 0 Å². The monoisotopic (exact) mass is 317 g/mol. The lowest BCUT2D eigenvalue weighted by Crippen LogP contribution is -2.28. The predicted octanol–water partition coefficient (Wildman–Crippen LogP) is 4.54. The Morgan fingerprint density at radius 2 is 1.91 bits per heavy atom. The van der Waals surface area contributed by atoms with Crippen molar-refractivity contribution in [1.82, 2.24) is 5.32 Å². The van der Waals surface area contributed by atoms with E-state index in [0.717, 1.165) is 23.3 Å². The van der Waals surface area contributed by atoms with Gasteiger partial charge in [0.15, 0.2) is 0 Å². The minimum Gasteiger partial charge on any atom is -0.496 e. The molecule has 0 fully saturated rings. The predicted molar refractivity (Wildman–Crippen MR) is 89.7 cm³/mol. The molecule has 3 nitrogen and oxygen atoms in total. The van der Waals surface area contributed by atoms with Gasteiger partial charge in [-0.1, -0.05) is 30.7 Å². The van der Waals surface area contributed by atoms with Crippen LogP contribution in [0.3, 0.4) is 0 Å². The maximum atomic E-state index is 12.3. The van der Waals surface area contributed by atoms with Crippen molar-refractivity contribution in [2.75, 3.05) is 7.11 Å². The smallest absolute Gasteiger partial charge is 0.251 e. The van der Waals surface area contributed by atoms with E-state index < -0.39 is 0 Å². The number of hydrogen-bond donors (Lipinski definition) is 1. The average molecular weight is 318 g/mol. The molecule has 1 N–H and O–H groups in total. The summed E-state index contributed by atoms with van der Waals surface area (Å²) in [5, 5.41) is 3.68. The van der Waals surface area contributed by atoms with Crippen LogP contribution in [-0.4, -0.2) is 13.0 Å². The second kappa shape index (κ2) is 7.32. The summed E-state index contributed by atoms with van der Waals surface area (Å²) in [7, 11) is 1.65. The van der Waals surface area contributed by atoms with Crippen LogP contribution in [0.15, 0.2) is 42.5 Å². The van der Waals surface area contributed by atoms with Crippen LogP contribution in [0.1, 0.15) is 40.9 Å². The third-order valence-electron chi connectivity index (χ3n) is 3.64. The van der Waals surface area contributed by atoms with Crippen molar-refractivity contribution in [2.24, 2.45) is 0 Å². The molecular weight excluding hydrogens is 298 g/mol. The van der Waals surface area contributed by atoms with Crippen molar-refractivity contribution in [3.8, 4) is 5.75 Å². The van der Waals surface area contributed by atoms with Crippen LogP contribution < -0.4 is 10.1 Å². The summed E-state index contributed by atoms with van der Waals surface area (Å²) in [6, 6.07) is 12.8. The van der Waals surface area contributed by atoms with Gasteiger partial charge in [-0.25, -0.2) is 0 Å². The van der Waals surface area contributed by atoms with E-state index in [2.05, 4.69) is 11.4 Å². The van der Waals surface area contributed by atoms with E-state index in [0.29, 0.717) is 10.6 Å². The van der Waals surface area contributed by atoms with Crippen molar-refractivity contribution >= 4 is 17.5 Å². The number of amides is 1. The van der Waals surface area contributed by atoms with Crippen LogP contribution >= 0.6 is 11.6 Å². The van der Waals surface area contributed by atoms with E-state index in [4.69, 9.17) is 16.3 Å². The molecule has 22 heavy (non-hydrogen) atoms. The molecule has 4 heteroatoms. The Labute approximate surface area is 136 Å². The normalized spacial score (nSPS) is 11.8. The van der Waals surface area contributed by atoms with Crippen LogP contribution in [-0.2, 0) is 0 Å². The summed E-state index contributed by atoms with van der Waals surface area (Å²) < 4.78 is 5.28. The fourth-order valence-electron chi connectivity index (χ4n) is 2.38. The molecule has 0 saturated heterocycles.